The van der Waals surface area contributed by atoms with Crippen molar-refractivity contribution in [2.24, 2.45) is 4.99 Å². The molecule has 2 rings (SSSR count). The van der Waals surface area contributed by atoms with E-state index in [1.54, 1.807) is 25.6 Å². The molecule has 8 heteroatoms. The fraction of sp³-hybridized carbons (Fsp3) is 0.500. The summed E-state index contributed by atoms with van der Waals surface area (Å²) in [6.07, 6.45) is 3.87. The standard InChI is InChI=1S/C20H30N4O2S.HI/c1-6-17-13-23-19(27-17)10-11-22-20(21-7-2)24(3)14-15-8-9-16(25-4)12-18(15)26-5;/h8-9,12-13H,6-7,10-11,14H2,1-5H3,(H,21,22);1H. The van der Waals surface area contributed by atoms with E-state index in [2.05, 4.69) is 29.0 Å². The van der Waals surface area contributed by atoms with E-state index in [1.165, 1.54) is 4.88 Å². The summed E-state index contributed by atoms with van der Waals surface area (Å²) in [4.78, 5) is 12.7. The van der Waals surface area contributed by atoms with Crippen molar-refractivity contribution in [2.75, 3.05) is 34.4 Å². The van der Waals surface area contributed by atoms with Crippen molar-refractivity contribution >= 4 is 41.3 Å². The first-order chi connectivity index (χ1) is 13.1. The second-order valence-electron chi connectivity index (χ2n) is 6.09. The van der Waals surface area contributed by atoms with Crippen LogP contribution >= 0.6 is 35.3 Å². The first-order valence-corrected chi connectivity index (χ1v) is 10.1. The number of aromatic nitrogens is 1. The Morgan fingerprint density at radius 1 is 1.25 bits per heavy atom. The van der Waals surface area contributed by atoms with Crippen LogP contribution < -0.4 is 14.8 Å². The number of aryl methyl sites for hydroxylation is 1. The lowest BCUT2D eigenvalue weighted by atomic mass is 10.2. The first kappa shape index (κ1) is 24.5. The average Bonchev–Trinajstić information content (AvgIpc) is 3.15. The summed E-state index contributed by atoms with van der Waals surface area (Å²) in [5, 5.41) is 4.50. The van der Waals surface area contributed by atoms with E-state index in [-0.39, 0.29) is 24.0 Å². The van der Waals surface area contributed by atoms with Crippen molar-refractivity contribution in [3.63, 3.8) is 0 Å². The highest BCUT2D eigenvalue weighted by Crippen LogP contribution is 2.25. The Hall–Kier alpha value is -1.55. The predicted molar refractivity (Wildman–Crippen MR) is 128 cm³/mol. The van der Waals surface area contributed by atoms with Crippen LogP contribution in [0.1, 0.15) is 29.3 Å². The molecule has 0 spiro atoms. The van der Waals surface area contributed by atoms with Gasteiger partial charge in [-0.05, 0) is 25.5 Å². The zero-order valence-electron chi connectivity index (χ0n) is 17.3. The number of nitrogens with zero attached hydrogens (tertiary/aromatic N) is 3. The second kappa shape index (κ2) is 12.8. The van der Waals surface area contributed by atoms with Gasteiger partial charge in [-0.2, -0.15) is 0 Å². The maximum absolute atomic E-state index is 5.51. The second-order valence-corrected chi connectivity index (χ2v) is 7.29. The largest absolute Gasteiger partial charge is 0.497 e. The number of hydrogen-bond acceptors (Lipinski definition) is 5. The van der Waals surface area contributed by atoms with Crippen LogP contribution in [0.25, 0.3) is 0 Å². The molecule has 0 amide bonds. The van der Waals surface area contributed by atoms with Crippen LogP contribution in [0.3, 0.4) is 0 Å². The normalized spacial score (nSPS) is 11.0. The topological polar surface area (TPSA) is 59.0 Å². The smallest absolute Gasteiger partial charge is 0.193 e. The Bertz CT molecular complexity index is 752. The molecule has 0 atom stereocenters. The quantitative estimate of drug-likeness (QED) is 0.309. The van der Waals surface area contributed by atoms with Crippen LogP contribution in [0.5, 0.6) is 11.5 Å². The van der Waals surface area contributed by atoms with Gasteiger partial charge in [0.1, 0.15) is 11.5 Å². The molecule has 0 saturated heterocycles. The summed E-state index contributed by atoms with van der Waals surface area (Å²) < 4.78 is 10.8. The Morgan fingerprint density at radius 3 is 2.64 bits per heavy atom. The first-order valence-electron chi connectivity index (χ1n) is 9.25. The van der Waals surface area contributed by atoms with Gasteiger partial charge in [-0.25, -0.2) is 4.98 Å². The van der Waals surface area contributed by atoms with E-state index in [9.17, 15) is 0 Å². The molecule has 2 aromatic rings. The lowest BCUT2D eigenvalue weighted by molar-refractivity contribution is 0.382. The molecule has 0 radical (unpaired) electrons. The summed E-state index contributed by atoms with van der Waals surface area (Å²) >= 11 is 1.77. The minimum Gasteiger partial charge on any atom is -0.497 e. The van der Waals surface area contributed by atoms with Gasteiger partial charge in [0.15, 0.2) is 5.96 Å². The Labute approximate surface area is 189 Å². The molecule has 1 aromatic carbocycles. The lowest BCUT2D eigenvalue weighted by Crippen LogP contribution is -2.38. The number of thiazole rings is 1. The fourth-order valence-electron chi connectivity index (χ4n) is 2.67. The maximum Gasteiger partial charge on any atom is 0.193 e. The van der Waals surface area contributed by atoms with Crippen LogP contribution in [-0.2, 0) is 19.4 Å². The Kier molecular flexibility index (Phi) is 11.2. The molecule has 0 aliphatic carbocycles. The van der Waals surface area contributed by atoms with Crippen LogP contribution in [0.15, 0.2) is 29.4 Å². The number of rotatable bonds is 9. The number of guanidine groups is 1. The monoisotopic (exact) mass is 518 g/mol. The predicted octanol–water partition coefficient (Wildman–Crippen LogP) is 3.98. The van der Waals surface area contributed by atoms with E-state index in [0.29, 0.717) is 13.1 Å². The molecular weight excluding hydrogens is 487 g/mol. The van der Waals surface area contributed by atoms with Gasteiger partial charge >= 0.3 is 0 Å². The van der Waals surface area contributed by atoms with Crippen molar-refractivity contribution in [2.45, 2.75) is 33.2 Å². The zero-order valence-corrected chi connectivity index (χ0v) is 20.5. The highest BCUT2D eigenvalue weighted by molar-refractivity contribution is 14.0. The number of hydrogen-bond donors (Lipinski definition) is 1. The molecule has 0 aliphatic heterocycles. The van der Waals surface area contributed by atoms with Crippen LogP contribution in [-0.4, -0.2) is 50.2 Å². The van der Waals surface area contributed by atoms with E-state index < -0.39 is 0 Å². The molecule has 0 bridgehead atoms. The van der Waals surface area contributed by atoms with Crippen LogP contribution in [0.2, 0.25) is 0 Å². The number of aliphatic imine (C=N–C) groups is 1. The van der Waals surface area contributed by atoms with E-state index in [4.69, 9.17) is 14.5 Å². The van der Waals surface area contributed by atoms with Crippen LogP contribution in [0, 0.1) is 0 Å². The van der Waals surface area contributed by atoms with E-state index >= 15 is 0 Å². The lowest BCUT2D eigenvalue weighted by Gasteiger charge is -2.23. The highest BCUT2D eigenvalue weighted by atomic mass is 127. The highest BCUT2D eigenvalue weighted by Gasteiger charge is 2.11. The number of methoxy groups -OCH3 is 2. The molecule has 0 fully saturated rings. The number of ether oxygens (including phenoxy) is 2. The summed E-state index contributed by atoms with van der Waals surface area (Å²) in [6.45, 7) is 6.45. The Morgan fingerprint density at radius 2 is 2.04 bits per heavy atom. The van der Waals surface area contributed by atoms with Gasteiger partial charge in [0.05, 0.1) is 19.2 Å². The van der Waals surface area contributed by atoms with Crippen molar-refractivity contribution in [3.8, 4) is 11.5 Å². The van der Waals surface area contributed by atoms with Gasteiger partial charge in [-0.3, -0.25) is 4.99 Å². The summed E-state index contributed by atoms with van der Waals surface area (Å²) in [6, 6.07) is 5.88. The molecule has 156 valence electrons. The molecule has 0 saturated carbocycles. The molecule has 1 N–H and O–H groups in total. The van der Waals surface area contributed by atoms with E-state index in [0.717, 1.165) is 47.4 Å². The zero-order chi connectivity index (χ0) is 19.6. The van der Waals surface area contributed by atoms with Crippen molar-refractivity contribution in [1.29, 1.82) is 0 Å². The SMILES string of the molecule is CCNC(=NCCc1ncc(CC)s1)N(C)Cc1ccc(OC)cc1OC.I. The third kappa shape index (κ3) is 7.12. The van der Waals surface area contributed by atoms with Gasteiger partial charge in [0.25, 0.3) is 0 Å². The summed E-state index contributed by atoms with van der Waals surface area (Å²) in [5.74, 6) is 2.48. The molecular formula is C20H31IN4O2S. The van der Waals surface area contributed by atoms with Gasteiger partial charge in [0.2, 0.25) is 0 Å². The Balaban J connectivity index is 0.00000392. The minimum atomic E-state index is 0. The van der Waals surface area contributed by atoms with Gasteiger partial charge in [-0.1, -0.05) is 6.92 Å². The van der Waals surface area contributed by atoms with Gasteiger partial charge in [-0.15, -0.1) is 35.3 Å². The van der Waals surface area contributed by atoms with E-state index in [1.807, 2.05) is 31.4 Å². The third-order valence-electron chi connectivity index (χ3n) is 4.14. The molecule has 0 aliphatic rings. The van der Waals surface area contributed by atoms with Gasteiger partial charge in [0, 0.05) is 55.8 Å². The minimum absolute atomic E-state index is 0. The molecule has 6 nitrogen and oxygen atoms in total. The van der Waals surface area contributed by atoms with Crippen LogP contribution in [0.4, 0.5) is 0 Å². The maximum atomic E-state index is 5.51. The number of halogens is 1. The number of nitrogens with one attached hydrogen (secondary N) is 1. The van der Waals surface area contributed by atoms with Crippen molar-refractivity contribution in [1.82, 2.24) is 15.2 Å². The summed E-state index contributed by atoms with van der Waals surface area (Å²) in [5.41, 5.74) is 1.08. The van der Waals surface area contributed by atoms with Crippen molar-refractivity contribution in [3.05, 3.63) is 39.8 Å². The van der Waals surface area contributed by atoms with Crippen molar-refractivity contribution < 1.29 is 9.47 Å². The average molecular weight is 518 g/mol. The van der Waals surface area contributed by atoms with Gasteiger partial charge < -0.3 is 19.7 Å². The molecule has 1 aromatic heterocycles. The third-order valence-corrected chi connectivity index (χ3v) is 5.34. The molecule has 1 heterocycles. The summed E-state index contributed by atoms with van der Waals surface area (Å²) in [7, 11) is 5.36. The fourth-order valence-corrected chi connectivity index (χ4v) is 3.52. The molecule has 0 unspecified atom stereocenters. The number of benzene rings is 1. The molecule has 28 heavy (non-hydrogen) atoms.